The van der Waals surface area contributed by atoms with Gasteiger partial charge in [0.2, 0.25) is 0 Å². The third-order valence-corrected chi connectivity index (χ3v) is 3.36. The minimum Gasteiger partial charge on any atom is -0.377 e. The Labute approximate surface area is 125 Å². The first-order valence-electron chi connectivity index (χ1n) is 6.42. The molecule has 108 valence electrons. The molecule has 0 fully saturated rings. The third kappa shape index (κ3) is 5.67. The van der Waals surface area contributed by atoms with Crippen LogP contribution in [0.5, 0.6) is 0 Å². The highest BCUT2D eigenvalue weighted by molar-refractivity contribution is 6.34. The van der Waals surface area contributed by atoms with Gasteiger partial charge in [-0.25, -0.2) is 0 Å². The summed E-state index contributed by atoms with van der Waals surface area (Å²) < 4.78 is 5.56. The monoisotopic (exact) mass is 304 g/mol. The van der Waals surface area contributed by atoms with E-state index in [1.165, 1.54) is 0 Å². The van der Waals surface area contributed by atoms with E-state index in [1.54, 1.807) is 6.07 Å². The fourth-order valence-electron chi connectivity index (χ4n) is 1.93. The first-order chi connectivity index (χ1) is 8.93. The molecule has 0 aliphatic rings. The van der Waals surface area contributed by atoms with Gasteiger partial charge in [-0.15, -0.1) is 0 Å². The Hall–Kier alpha value is -0.320. The van der Waals surface area contributed by atoms with Crippen molar-refractivity contribution in [1.29, 1.82) is 0 Å². The average molecular weight is 305 g/mol. The molecule has 0 aliphatic heterocycles. The number of halogens is 2. The van der Waals surface area contributed by atoms with Crippen LogP contribution in [0.3, 0.4) is 0 Å². The zero-order valence-electron chi connectivity index (χ0n) is 11.7. The van der Waals surface area contributed by atoms with E-state index in [9.17, 15) is 0 Å². The van der Waals surface area contributed by atoms with Crippen LogP contribution in [0.4, 0.5) is 0 Å². The Morgan fingerprint density at radius 1 is 1.21 bits per heavy atom. The Morgan fingerprint density at radius 2 is 1.79 bits per heavy atom. The van der Waals surface area contributed by atoms with Gasteiger partial charge in [0.15, 0.2) is 0 Å². The quantitative estimate of drug-likeness (QED) is 0.839. The van der Waals surface area contributed by atoms with Gasteiger partial charge in [-0.2, -0.15) is 0 Å². The van der Waals surface area contributed by atoms with E-state index in [1.807, 2.05) is 33.0 Å². The van der Waals surface area contributed by atoms with Crippen molar-refractivity contribution < 1.29 is 4.74 Å². The summed E-state index contributed by atoms with van der Waals surface area (Å²) in [6, 6.07) is 5.63. The Morgan fingerprint density at radius 3 is 2.26 bits per heavy atom. The molecule has 0 spiro atoms. The van der Waals surface area contributed by atoms with Gasteiger partial charge in [0.1, 0.15) is 0 Å². The number of benzene rings is 1. The van der Waals surface area contributed by atoms with Crippen LogP contribution in [0.15, 0.2) is 18.2 Å². The first kappa shape index (κ1) is 16.7. The molecule has 0 amide bonds. The molecule has 0 saturated carbocycles. The summed E-state index contributed by atoms with van der Waals surface area (Å²) in [5, 5.41) is 1.26. The maximum absolute atomic E-state index is 6.03. The van der Waals surface area contributed by atoms with Gasteiger partial charge in [0.05, 0.1) is 12.7 Å². The Kier molecular flexibility index (Phi) is 7.11. The number of hydrogen-bond acceptors (Lipinski definition) is 3. The van der Waals surface area contributed by atoms with Crippen molar-refractivity contribution in [2.24, 2.45) is 5.73 Å². The minimum absolute atomic E-state index is 0.0898. The second-order valence-corrected chi connectivity index (χ2v) is 5.73. The first-order valence-corrected chi connectivity index (χ1v) is 7.17. The predicted octanol–water partition coefficient (Wildman–Crippen LogP) is 3.35. The Balaban J connectivity index is 2.70. The molecule has 0 aliphatic carbocycles. The van der Waals surface area contributed by atoms with E-state index in [0.717, 1.165) is 12.1 Å². The van der Waals surface area contributed by atoms with Crippen molar-refractivity contribution in [3.63, 3.8) is 0 Å². The molecule has 3 nitrogen and oxygen atoms in total. The number of likely N-dealkylation sites (N-methyl/N-ethyl adjacent to an activating group) is 1. The molecule has 0 radical (unpaired) electrons. The molecule has 5 heteroatoms. The Bertz CT molecular complexity index is 379. The third-order valence-electron chi connectivity index (χ3n) is 2.92. The fourth-order valence-corrected chi connectivity index (χ4v) is 2.47. The van der Waals surface area contributed by atoms with Gasteiger partial charge in [-0.1, -0.05) is 23.2 Å². The smallest absolute Gasteiger partial charge is 0.0597 e. The topological polar surface area (TPSA) is 38.5 Å². The highest BCUT2D eigenvalue weighted by Gasteiger charge is 2.16. The van der Waals surface area contributed by atoms with Crippen LogP contribution < -0.4 is 5.73 Å². The standard InChI is InChI=1S/C14H22Cl2N2O/c1-10(2)19-5-4-18(3)14(9-17)11-6-12(15)8-13(16)7-11/h6-8,10,14H,4-5,9,17H2,1-3H3. The van der Waals surface area contributed by atoms with Crippen LogP contribution in [0, 0.1) is 0 Å². The van der Waals surface area contributed by atoms with E-state index >= 15 is 0 Å². The van der Waals surface area contributed by atoms with Crippen LogP contribution in [-0.2, 0) is 4.74 Å². The molecule has 19 heavy (non-hydrogen) atoms. The van der Waals surface area contributed by atoms with Crippen LogP contribution >= 0.6 is 23.2 Å². The van der Waals surface area contributed by atoms with E-state index in [4.69, 9.17) is 33.7 Å². The molecule has 1 aromatic rings. The highest BCUT2D eigenvalue weighted by Crippen LogP contribution is 2.25. The fraction of sp³-hybridized carbons (Fsp3) is 0.571. The SMILES string of the molecule is CC(C)OCCN(C)C(CN)c1cc(Cl)cc(Cl)c1. The summed E-state index contributed by atoms with van der Waals surface area (Å²) in [7, 11) is 2.02. The zero-order chi connectivity index (χ0) is 14.4. The van der Waals surface area contributed by atoms with E-state index < -0.39 is 0 Å². The molecule has 1 aromatic carbocycles. The lowest BCUT2D eigenvalue weighted by Gasteiger charge is -2.27. The summed E-state index contributed by atoms with van der Waals surface area (Å²) in [5.74, 6) is 0. The molecule has 0 heterocycles. The van der Waals surface area contributed by atoms with Crippen molar-refractivity contribution in [3.8, 4) is 0 Å². The van der Waals surface area contributed by atoms with Crippen molar-refractivity contribution >= 4 is 23.2 Å². The van der Waals surface area contributed by atoms with Gasteiger partial charge in [0, 0.05) is 29.2 Å². The summed E-state index contributed by atoms with van der Waals surface area (Å²) in [5.41, 5.74) is 6.90. The van der Waals surface area contributed by atoms with Crippen LogP contribution in [0.2, 0.25) is 10.0 Å². The molecule has 1 unspecified atom stereocenters. The molecule has 2 N–H and O–H groups in total. The lowest BCUT2D eigenvalue weighted by Crippen LogP contribution is -2.33. The molecular weight excluding hydrogens is 283 g/mol. The van der Waals surface area contributed by atoms with Gasteiger partial charge in [-0.05, 0) is 44.7 Å². The number of hydrogen-bond donors (Lipinski definition) is 1. The lowest BCUT2D eigenvalue weighted by molar-refractivity contribution is 0.0564. The second kappa shape index (κ2) is 8.08. The average Bonchev–Trinajstić information content (AvgIpc) is 2.27. The maximum atomic E-state index is 6.03. The summed E-state index contributed by atoms with van der Waals surface area (Å²) >= 11 is 12.1. The number of ether oxygens (including phenoxy) is 1. The van der Waals surface area contributed by atoms with Crippen LogP contribution in [-0.4, -0.2) is 37.7 Å². The van der Waals surface area contributed by atoms with E-state index in [0.29, 0.717) is 23.2 Å². The molecular formula is C14H22Cl2N2O. The largest absolute Gasteiger partial charge is 0.377 e. The lowest BCUT2D eigenvalue weighted by atomic mass is 10.1. The van der Waals surface area contributed by atoms with Crippen LogP contribution in [0.25, 0.3) is 0 Å². The molecule has 1 rings (SSSR count). The molecule has 0 saturated heterocycles. The summed E-state index contributed by atoms with van der Waals surface area (Å²) in [4.78, 5) is 2.16. The van der Waals surface area contributed by atoms with Crippen molar-refractivity contribution in [2.45, 2.75) is 26.0 Å². The molecule has 0 bridgehead atoms. The van der Waals surface area contributed by atoms with Gasteiger partial charge >= 0.3 is 0 Å². The number of nitrogens with two attached hydrogens (primary N) is 1. The van der Waals surface area contributed by atoms with Crippen molar-refractivity contribution in [1.82, 2.24) is 4.90 Å². The predicted molar refractivity (Wildman–Crippen MR) is 82.0 cm³/mol. The van der Waals surface area contributed by atoms with E-state index in [-0.39, 0.29) is 12.1 Å². The van der Waals surface area contributed by atoms with Gasteiger partial charge in [-0.3, -0.25) is 4.90 Å². The minimum atomic E-state index is 0.0898. The zero-order valence-corrected chi connectivity index (χ0v) is 13.2. The summed E-state index contributed by atoms with van der Waals surface area (Å²) in [6.07, 6.45) is 0.241. The normalized spacial score (nSPS) is 13.3. The maximum Gasteiger partial charge on any atom is 0.0597 e. The van der Waals surface area contributed by atoms with Crippen LogP contribution in [0.1, 0.15) is 25.5 Å². The molecule has 1 atom stereocenters. The van der Waals surface area contributed by atoms with E-state index in [2.05, 4.69) is 4.90 Å². The number of nitrogens with zero attached hydrogens (tertiary/aromatic N) is 1. The number of rotatable bonds is 7. The van der Waals surface area contributed by atoms with Crippen molar-refractivity contribution in [3.05, 3.63) is 33.8 Å². The van der Waals surface area contributed by atoms with Gasteiger partial charge < -0.3 is 10.5 Å². The van der Waals surface area contributed by atoms with Crippen molar-refractivity contribution in [2.75, 3.05) is 26.7 Å². The second-order valence-electron chi connectivity index (χ2n) is 4.85. The van der Waals surface area contributed by atoms with Gasteiger partial charge in [0.25, 0.3) is 0 Å². The highest BCUT2D eigenvalue weighted by atomic mass is 35.5. The molecule has 0 aromatic heterocycles. The summed E-state index contributed by atoms with van der Waals surface area (Å²) in [6.45, 7) is 6.05.